The molecule has 2 heterocycles. The standard InChI is InChI=1S/C9H7ClN2S/c10-7-3-5-13-8(7)6-2-1-4-12-9(6)11/h1-5H,(H2,11,12). The fourth-order valence-electron chi connectivity index (χ4n) is 1.10. The molecule has 0 aromatic carbocycles. The summed E-state index contributed by atoms with van der Waals surface area (Å²) >= 11 is 7.54. The van der Waals surface area contributed by atoms with Gasteiger partial charge in [0.25, 0.3) is 0 Å². The van der Waals surface area contributed by atoms with Crippen LogP contribution < -0.4 is 5.73 Å². The van der Waals surface area contributed by atoms with Crippen molar-refractivity contribution in [2.75, 3.05) is 5.73 Å². The lowest BCUT2D eigenvalue weighted by molar-refractivity contribution is 1.34. The van der Waals surface area contributed by atoms with E-state index in [0.717, 1.165) is 15.5 Å². The summed E-state index contributed by atoms with van der Waals surface area (Å²) in [5.41, 5.74) is 6.62. The van der Waals surface area contributed by atoms with Crippen molar-refractivity contribution in [1.29, 1.82) is 0 Å². The number of hydrogen-bond donors (Lipinski definition) is 1. The number of nitrogens with two attached hydrogens (primary N) is 1. The highest BCUT2D eigenvalue weighted by molar-refractivity contribution is 7.14. The first-order valence-electron chi connectivity index (χ1n) is 3.73. The maximum absolute atomic E-state index is 5.97. The molecule has 0 bridgehead atoms. The summed E-state index contributed by atoms with van der Waals surface area (Å²) in [7, 11) is 0. The van der Waals surface area contributed by atoms with Crippen LogP contribution in [0.15, 0.2) is 29.8 Å². The van der Waals surface area contributed by atoms with Crippen LogP contribution >= 0.6 is 22.9 Å². The highest BCUT2D eigenvalue weighted by Gasteiger charge is 2.07. The summed E-state index contributed by atoms with van der Waals surface area (Å²) in [4.78, 5) is 4.98. The lowest BCUT2D eigenvalue weighted by atomic mass is 10.2. The van der Waals surface area contributed by atoms with Crippen LogP contribution in [0.3, 0.4) is 0 Å². The summed E-state index contributed by atoms with van der Waals surface area (Å²) in [6.07, 6.45) is 1.67. The largest absolute Gasteiger partial charge is 0.383 e. The fourth-order valence-corrected chi connectivity index (χ4v) is 2.29. The SMILES string of the molecule is Nc1ncccc1-c1sccc1Cl. The van der Waals surface area contributed by atoms with Crippen molar-refractivity contribution in [3.05, 3.63) is 34.8 Å². The van der Waals surface area contributed by atoms with Gasteiger partial charge < -0.3 is 5.73 Å². The first-order chi connectivity index (χ1) is 6.29. The second-order valence-electron chi connectivity index (χ2n) is 2.53. The summed E-state index contributed by atoms with van der Waals surface area (Å²) in [6.45, 7) is 0. The lowest BCUT2D eigenvalue weighted by Crippen LogP contribution is -1.91. The van der Waals surface area contributed by atoms with Crippen molar-refractivity contribution >= 4 is 28.8 Å². The van der Waals surface area contributed by atoms with Gasteiger partial charge >= 0.3 is 0 Å². The topological polar surface area (TPSA) is 38.9 Å². The van der Waals surface area contributed by atoms with Gasteiger partial charge in [-0.2, -0.15) is 0 Å². The second-order valence-corrected chi connectivity index (χ2v) is 3.86. The van der Waals surface area contributed by atoms with Gasteiger partial charge in [0.05, 0.1) is 9.90 Å². The zero-order valence-electron chi connectivity index (χ0n) is 6.70. The van der Waals surface area contributed by atoms with Crippen molar-refractivity contribution in [3.8, 4) is 10.4 Å². The van der Waals surface area contributed by atoms with Crippen molar-refractivity contribution < 1.29 is 0 Å². The Morgan fingerprint density at radius 2 is 2.23 bits per heavy atom. The molecule has 2 N–H and O–H groups in total. The minimum Gasteiger partial charge on any atom is -0.383 e. The number of anilines is 1. The highest BCUT2D eigenvalue weighted by Crippen LogP contribution is 2.35. The molecule has 0 radical (unpaired) electrons. The molecule has 0 amide bonds. The predicted octanol–water partition coefficient (Wildman–Crippen LogP) is 3.05. The Bertz CT molecular complexity index is 425. The Balaban J connectivity index is 2.59. The normalized spacial score (nSPS) is 10.2. The van der Waals surface area contributed by atoms with Crippen LogP contribution in [0.5, 0.6) is 0 Å². The van der Waals surface area contributed by atoms with E-state index in [1.807, 2.05) is 23.6 Å². The molecule has 0 saturated carbocycles. The maximum Gasteiger partial charge on any atom is 0.132 e. The van der Waals surface area contributed by atoms with Gasteiger partial charge in [-0.15, -0.1) is 11.3 Å². The molecule has 0 aliphatic heterocycles. The third-order valence-corrected chi connectivity index (χ3v) is 3.08. The average molecular weight is 211 g/mol. The minimum absolute atomic E-state index is 0.520. The molecule has 0 aliphatic carbocycles. The zero-order chi connectivity index (χ0) is 9.26. The van der Waals surface area contributed by atoms with Crippen molar-refractivity contribution in [1.82, 2.24) is 4.98 Å². The molecule has 2 aromatic heterocycles. The van der Waals surface area contributed by atoms with Gasteiger partial charge in [-0.25, -0.2) is 4.98 Å². The van der Waals surface area contributed by atoms with E-state index in [-0.39, 0.29) is 0 Å². The van der Waals surface area contributed by atoms with Crippen LogP contribution in [0.25, 0.3) is 10.4 Å². The van der Waals surface area contributed by atoms with Gasteiger partial charge in [0.15, 0.2) is 0 Å². The number of aromatic nitrogens is 1. The molecule has 0 aliphatic rings. The quantitative estimate of drug-likeness (QED) is 0.786. The number of halogens is 1. The van der Waals surface area contributed by atoms with Gasteiger partial charge in [0, 0.05) is 11.8 Å². The molecule has 2 nitrogen and oxygen atoms in total. The van der Waals surface area contributed by atoms with E-state index in [9.17, 15) is 0 Å². The van der Waals surface area contributed by atoms with Crippen LogP contribution in [0.2, 0.25) is 5.02 Å². The molecular weight excluding hydrogens is 204 g/mol. The zero-order valence-corrected chi connectivity index (χ0v) is 8.27. The lowest BCUT2D eigenvalue weighted by Gasteiger charge is -2.01. The summed E-state index contributed by atoms with van der Waals surface area (Å²) < 4.78 is 0. The van der Waals surface area contributed by atoms with Crippen LogP contribution in [0, 0.1) is 0 Å². The molecule has 4 heteroatoms. The molecule has 0 fully saturated rings. The van der Waals surface area contributed by atoms with Gasteiger partial charge in [-0.3, -0.25) is 0 Å². The number of nitrogens with zero attached hydrogens (tertiary/aromatic N) is 1. The summed E-state index contributed by atoms with van der Waals surface area (Å²) in [5, 5.41) is 2.66. The van der Waals surface area contributed by atoms with E-state index in [4.69, 9.17) is 17.3 Å². The van der Waals surface area contributed by atoms with Crippen LogP contribution in [-0.2, 0) is 0 Å². The van der Waals surface area contributed by atoms with E-state index < -0.39 is 0 Å². The first kappa shape index (κ1) is 8.53. The Kier molecular flexibility index (Phi) is 2.20. The van der Waals surface area contributed by atoms with Crippen molar-refractivity contribution in [3.63, 3.8) is 0 Å². The summed E-state index contributed by atoms with van der Waals surface area (Å²) in [6, 6.07) is 5.62. The highest BCUT2D eigenvalue weighted by atomic mass is 35.5. The maximum atomic E-state index is 5.97. The van der Waals surface area contributed by atoms with Crippen LogP contribution in [0.1, 0.15) is 0 Å². The predicted molar refractivity (Wildman–Crippen MR) is 57.0 cm³/mol. The third-order valence-electron chi connectivity index (χ3n) is 1.70. The molecule has 0 spiro atoms. The first-order valence-corrected chi connectivity index (χ1v) is 4.98. The Morgan fingerprint density at radius 3 is 2.85 bits per heavy atom. The number of rotatable bonds is 1. The summed E-state index contributed by atoms with van der Waals surface area (Å²) in [5.74, 6) is 0.520. The molecule has 0 unspecified atom stereocenters. The average Bonchev–Trinajstić information content (AvgIpc) is 2.52. The van der Waals surface area contributed by atoms with Gasteiger partial charge in [0.2, 0.25) is 0 Å². The van der Waals surface area contributed by atoms with Crippen LogP contribution in [0.4, 0.5) is 5.82 Å². The molecule has 66 valence electrons. The molecule has 0 saturated heterocycles. The van der Waals surface area contributed by atoms with Crippen LogP contribution in [-0.4, -0.2) is 4.98 Å². The Morgan fingerprint density at radius 1 is 1.38 bits per heavy atom. The van der Waals surface area contributed by atoms with E-state index in [1.54, 1.807) is 17.5 Å². The minimum atomic E-state index is 0.520. The van der Waals surface area contributed by atoms with Crippen molar-refractivity contribution in [2.45, 2.75) is 0 Å². The van der Waals surface area contributed by atoms with Gasteiger partial charge in [0.1, 0.15) is 5.82 Å². The smallest absolute Gasteiger partial charge is 0.132 e. The molecular formula is C9H7ClN2S. The van der Waals surface area contributed by atoms with E-state index in [0.29, 0.717) is 5.82 Å². The van der Waals surface area contributed by atoms with Gasteiger partial charge in [-0.05, 0) is 23.6 Å². The van der Waals surface area contributed by atoms with E-state index >= 15 is 0 Å². The molecule has 2 aromatic rings. The van der Waals surface area contributed by atoms with Gasteiger partial charge in [-0.1, -0.05) is 11.6 Å². The number of thiophene rings is 1. The fraction of sp³-hybridized carbons (Fsp3) is 0. The third kappa shape index (κ3) is 1.53. The number of pyridine rings is 1. The Hall–Kier alpha value is -1.06. The number of hydrogen-bond acceptors (Lipinski definition) is 3. The monoisotopic (exact) mass is 210 g/mol. The number of nitrogen functional groups attached to an aromatic ring is 1. The molecule has 13 heavy (non-hydrogen) atoms. The Labute approximate surface area is 85.0 Å². The van der Waals surface area contributed by atoms with E-state index in [2.05, 4.69) is 4.98 Å². The molecule has 0 atom stereocenters. The van der Waals surface area contributed by atoms with E-state index in [1.165, 1.54) is 0 Å². The van der Waals surface area contributed by atoms with Crippen molar-refractivity contribution in [2.24, 2.45) is 0 Å². The molecule has 2 rings (SSSR count). The second kappa shape index (κ2) is 3.36.